The van der Waals surface area contributed by atoms with Crippen LogP contribution in [0.5, 0.6) is 0 Å². The fraction of sp³-hybridized carbons (Fsp3) is 0.278. The molecule has 0 saturated carbocycles. The zero-order chi connectivity index (χ0) is 18.1. The SMILES string of the molecule is C[C@@H]1C[C@@H](C(N)=O)c2ccccc2N1Cc1c(F)cccc1[N+](=O)[O-]. The normalized spacial score (nSPS) is 19.4. The summed E-state index contributed by atoms with van der Waals surface area (Å²) in [5.74, 6) is -1.44. The number of nitrogens with two attached hydrogens (primary N) is 1. The third-order valence-electron chi connectivity index (χ3n) is 4.69. The van der Waals surface area contributed by atoms with Gasteiger partial charge in [-0.2, -0.15) is 0 Å². The van der Waals surface area contributed by atoms with Gasteiger partial charge in [-0.25, -0.2) is 4.39 Å². The summed E-state index contributed by atoms with van der Waals surface area (Å²) in [6, 6.07) is 11.0. The van der Waals surface area contributed by atoms with Gasteiger partial charge in [-0.3, -0.25) is 14.9 Å². The van der Waals surface area contributed by atoms with Crippen molar-refractivity contribution in [2.45, 2.75) is 31.8 Å². The van der Waals surface area contributed by atoms with Crippen molar-refractivity contribution in [1.82, 2.24) is 0 Å². The Morgan fingerprint density at radius 3 is 2.72 bits per heavy atom. The second-order valence-electron chi connectivity index (χ2n) is 6.22. The minimum Gasteiger partial charge on any atom is -0.369 e. The van der Waals surface area contributed by atoms with Gasteiger partial charge in [0.05, 0.1) is 22.9 Å². The van der Waals surface area contributed by atoms with E-state index in [0.29, 0.717) is 6.42 Å². The van der Waals surface area contributed by atoms with Gasteiger partial charge in [0.15, 0.2) is 0 Å². The molecule has 0 spiro atoms. The molecule has 0 saturated heterocycles. The van der Waals surface area contributed by atoms with E-state index >= 15 is 0 Å². The number of halogens is 1. The predicted octanol–water partition coefficient (Wildman–Crippen LogP) is 3.10. The summed E-state index contributed by atoms with van der Waals surface area (Å²) < 4.78 is 14.3. The number of benzene rings is 2. The first-order valence-electron chi connectivity index (χ1n) is 7.96. The average Bonchev–Trinajstić information content (AvgIpc) is 2.57. The van der Waals surface area contributed by atoms with Gasteiger partial charge in [0.2, 0.25) is 5.91 Å². The van der Waals surface area contributed by atoms with Crippen LogP contribution in [0, 0.1) is 15.9 Å². The highest BCUT2D eigenvalue weighted by Gasteiger charge is 2.34. The number of hydrogen-bond donors (Lipinski definition) is 1. The summed E-state index contributed by atoms with van der Waals surface area (Å²) in [6.45, 7) is 1.95. The first-order valence-corrected chi connectivity index (χ1v) is 7.96. The average molecular weight is 343 g/mol. The van der Waals surface area contributed by atoms with Crippen molar-refractivity contribution in [2.75, 3.05) is 4.90 Å². The van der Waals surface area contributed by atoms with Gasteiger partial charge in [0, 0.05) is 17.8 Å². The molecule has 0 fully saturated rings. The third kappa shape index (κ3) is 3.05. The lowest BCUT2D eigenvalue weighted by Crippen LogP contribution is -2.41. The van der Waals surface area contributed by atoms with Crippen LogP contribution in [0.1, 0.15) is 30.4 Å². The first-order chi connectivity index (χ1) is 11.9. The van der Waals surface area contributed by atoms with Crippen molar-refractivity contribution in [3.8, 4) is 0 Å². The van der Waals surface area contributed by atoms with Gasteiger partial charge in [0.1, 0.15) is 5.82 Å². The number of carbonyl (C=O) groups is 1. The molecule has 1 amide bonds. The highest BCUT2D eigenvalue weighted by atomic mass is 19.1. The predicted molar refractivity (Wildman–Crippen MR) is 91.7 cm³/mol. The van der Waals surface area contributed by atoms with E-state index in [9.17, 15) is 19.3 Å². The molecule has 2 aromatic rings. The van der Waals surface area contributed by atoms with Gasteiger partial charge in [-0.05, 0) is 31.0 Å². The summed E-state index contributed by atoms with van der Waals surface area (Å²) in [5, 5.41) is 11.2. The Hall–Kier alpha value is -2.96. The molecule has 2 N–H and O–H groups in total. The van der Waals surface area contributed by atoms with E-state index < -0.39 is 22.6 Å². The van der Waals surface area contributed by atoms with Crippen molar-refractivity contribution in [3.05, 3.63) is 69.5 Å². The van der Waals surface area contributed by atoms with E-state index in [0.717, 1.165) is 11.3 Å². The molecule has 1 aliphatic rings. The minimum atomic E-state index is -0.615. The number of amides is 1. The van der Waals surface area contributed by atoms with Gasteiger partial charge >= 0.3 is 0 Å². The second-order valence-corrected chi connectivity index (χ2v) is 6.22. The summed E-state index contributed by atoms with van der Waals surface area (Å²) in [4.78, 5) is 24.3. The Morgan fingerprint density at radius 1 is 1.32 bits per heavy atom. The number of nitro groups is 1. The van der Waals surface area contributed by atoms with Crippen molar-refractivity contribution in [3.63, 3.8) is 0 Å². The molecule has 130 valence electrons. The van der Waals surface area contributed by atoms with E-state index in [2.05, 4.69) is 0 Å². The molecular formula is C18H18FN3O3. The number of carbonyl (C=O) groups excluding carboxylic acids is 1. The highest BCUT2D eigenvalue weighted by molar-refractivity contribution is 5.85. The van der Waals surface area contributed by atoms with Crippen molar-refractivity contribution in [2.24, 2.45) is 5.73 Å². The molecule has 0 bridgehead atoms. The highest BCUT2D eigenvalue weighted by Crippen LogP contribution is 2.39. The van der Waals surface area contributed by atoms with Crippen LogP contribution in [0.3, 0.4) is 0 Å². The number of hydrogen-bond acceptors (Lipinski definition) is 4. The molecule has 6 nitrogen and oxygen atoms in total. The number of fused-ring (bicyclic) bond motifs is 1. The Labute approximate surface area is 144 Å². The fourth-order valence-corrected chi connectivity index (χ4v) is 3.43. The van der Waals surface area contributed by atoms with Crippen LogP contribution in [0.2, 0.25) is 0 Å². The molecule has 0 radical (unpaired) electrons. The molecule has 2 atom stereocenters. The molecule has 7 heteroatoms. The monoisotopic (exact) mass is 343 g/mol. The van der Waals surface area contributed by atoms with Crippen LogP contribution < -0.4 is 10.6 Å². The standard InChI is InChI=1S/C18H18FN3O3/c1-11-9-13(18(20)23)12-5-2-3-7-16(12)21(11)10-14-15(19)6-4-8-17(14)22(24)25/h2-8,11,13H,9-10H2,1H3,(H2,20,23)/t11-,13-/m1/s1. The number of nitrogens with zero attached hydrogens (tertiary/aromatic N) is 2. The van der Waals surface area contributed by atoms with Crippen LogP contribution >= 0.6 is 0 Å². The second kappa shape index (κ2) is 6.51. The fourth-order valence-electron chi connectivity index (χ4n) is 3.43. The summed E-state index contributed by atoms with van der Waals surface area (Å²) in [7, 11) is 0. The molecular weight excluding hydrogens is 325 g/mol. The summed E-state index contributed by atoms with van der Waals surface area (Å²) >= 11 is 0. The molecule has 0 aromatic heterocycles. The van der Waals surface area contributed by atoms with E-state index in [1.165, 1.54) is 18.2 Å². The molecule has 3 rings (SSSR count). The molecule has 25 heavy (non-hydrogen) atoms. The number of para-hydroxylation sites is 1. The lowest BCUT2D eigenvalue weighted by atomic mass is 9.85. The molecule has 1 aliphatic heterocycles. The third-order valence-corrected chi connectivity index (χ3v) is 4.69. The maximum atomic E-state index is 14.3. The van der Waals surface area contributed by atoms with Crippen LogP contribution in [0.25, 0.3) is 0 Å². The quantitative estimate of drug-likeness (QED) is 0.682. The first kappa shape index (κ1) is 16.9. The van der Waals surface area contributed by atoms with Crippen LogP contribution in [0.15, 0.2) is 42.5 Å². The molecule has 0 aliphatic carbocycles. The van der Waals surface area contributed by atoms with Gasteiger partial charge in [-0.15, -0.1) is 0 Å². The number of rotatable bonds is 4. The zero-order valence-corrected chi connectivity index (χ0v) is 13.7. The Kier molecular flexibility index (Phi) is 4.39. The zero-order valence-electron chi connectivity index (χ0n) is 13.7. The number of primary amides is 1. The van der Waals surface area contributed by atoms with E-state index in [4.69, 9.17) is 5.73 Å². The number of anilines is 1. The summed E-state index contributed by atoms with van der Waals surface area (Å²) in [5.41, 5.74) is 6.83. The van der Waals surface area contributed by atoms with Crippen LogP contribution in [0.4, 0.5) is 15.8 Å². The molecule has 2 aromatic carbocycles. The topological polar surface area (TPSA) is 89.5 Å². The van der Waals surface area contributed by atoms with Gasteiger partial charge in [0.25, 0.3) is 5.69 Å². The minimum absolute atomic E-state index is 0.0340. The van der Waals surface area contributed by atoms with Crippen LogP contribution in [-0.4, -0.2) is 16.9 Å². The smallest absolute Gasteiger partial charge is 0.277 e. The van der Waals surface area contributed by atoms with Gasteiger partial charge in [-0.1, -0.05) is 24.3 Å². The van der Waals surface area contributed by atoms with Crippen molar-refractivity contribution in [1.29, 1.82) is 0 Å². The van der Waals surface area contributed by atoms with Gasteiger partial charge < -0.3 is 10.6 Å². The van der Waals surface area contributed by atoms with E-state index in [1.807, 2.05) is 36.1 Å². The largest absolute Gasteiger partial charge is 0.369 e. The lowest BCUT2D eigenvalue weighted by Gasteiger charge is -2.40. The van der Waals surface area contributed by atoms with E-state index in [1.54, 1.807) is 0 Å². The van der Waals surface area contributed by atoms with Crippen molar-refractivity contribution >= 4 is 17.3 Å². The number of nitro benzene ring substituents is 1. The van der Waals surface area contributed by atoms with Crippen molar-refractivity contribution < 1.29 is 14.1 Å². The molecule has 0 unspecified atom stereocenters. The Bertz CT molecular complexity index is 840. The summed E-state index contributed by atoms with van der Waals surface area (Å²) in [6.07, 6.45) is 0.481. The lowest BCUT2D eigenvalue weighted by molar-refractivity contribution is -0.385. The molecule has 1 heterocycles. The maximum Gasteiger partial charge on any atom is 0.277 e. The Balaban J connectivity index is 2.05. The van der Waals surface area contributed by atoms with E-state index in [-0.39, 0.29) is 23.8 Å². The van der Waals surface area contributed by atoms with Crippen LogP contribution in [-0.2, 0) is 11.3 Å². The Morgan fingerprint density at radius 2 is 2.04 bits per heavy atom. The maximum absolute atomic E-state index is 14.3.